The lowest BCUT2D eigenvalue weighted by molar-refractivity contribution is 0.0954. The lowest BCUT2D eigenvalue weighted by atomic mass is 10.2. The SMILES string of the molecule is O=C(NN=Cc1ccccc1I)c1ccccc1Br. The van der Waals surface area contributed by atoms with Crippen molar-refractivity contribution in [3.8, 4) is 0 Å². The average Bonchev–Trinajstić information content (AvgIpc) is 2.41. The maximum absolute atomic E-state index is 11.9. The molecule has 0 heterocycles. The van der Waals surface area contributed by atoms with E-state index in [0.717, 1.165) is 13.6 Å². The second-order valence-corrected chi connectivity index (χ2v) is 5.72. The fourth-order valence-corrected chi connectivity index (χ4v) is 2.44. The molecule has 0 spiro atoms. The molecular weight excluding hydrogens is 419 g/mol. The van der Waals surface area contributed by atoms with Gasteiger partial charge in [-0.25, -0.2) is 5.43 Å². The van der Waals surface area contributed by atoms with Crippen LogP contribution in [0.15, 0.2) is 58.1 Å². The van der Waals surface area contributed by atoms with Gasteiger partial charge in [0.15, 0.2) is 0 Å². The molecule has 2 aromatic rings. The van der Waals surface area contributed by atoms with Crippen molar-refractivity contribution >= 4 is 50.6 Å². The normalized spacial score (nSPS) is 10.6. The Hall–Kier alpha value is -1.21. The molecule has 5 heteroatoms. The number of nitrogens with zero attached hydrogens (tertiary/aromatic N) is 1. The van der Waals surface area contributed by atoms with Gasteiger partial charge in [0.1, 0.15) is 0 Å². The molecule has 19 heavy (non-hydrogen) atoms. The Kier molecular flexibility index (Phi) is 5.09. The zero-order chi connectivity index (χ0) is 13.7. The standard InChI is InChI=1S/C14H10BrIN2O/c15-12-7-3-2-6-11(12)14(19)18-17-9-10-5-1-4-8-13(10)16/h1-9H,(H,18,19). The molecule has 0 fully saturated rings. The number of nitrogens with one attached hydrogen (secondary N) is 1. The van der Waals surface area contributed by atoms with Crippen LogP contribution in [0.4, 0.5) is 0 Å². The maximum Gasteiger partial charge on any atom is 0.272 e. The van der Waals surface area contributed by atoms with Crippen LogP contribution in [0, 0.1) is 3.57 Å². The molecule has 2 aromatic carbocycles. The Balaban J connectivity index is 2.06. The van der Waals surface area contributed by atoms with E-state index in [9.17, 15) is 4.79 Å². The number of benzene rings is 2. The van der Waals surface area contributed by atoms with Gasteiger partial charge in [0.2, 0.25) is 0 Å². The Labute approximate surface area is 133 Å². The van der Waals surface area contributed by atoms with E-state index in [0.29, 0.717) is 5.56 Å². The molecule has 0 saturated carbocycles. The Bertz CT molecular complexity index is 628. The van der Waals surface area contributed by atoms with E-state index < -0.39 is 0 Å². The van der Waals surface area contributed by atoms with Gasteiger partial charge in [-0.1, -0.05) is 30.3 Å². The maximum atomic E-state index is 11.9. The topological polar surface area (TPSA) is 41.5 Å². The summed E-state index contributed by atoms with van der Waals surface area (Å²) in [5.74, 6) is -0.241. The van der Waals surface area contributed by atoms with Crippen LogP contribution in [0.25, 0.3) is 0 Å². The number of hydrogen-bond donors (Lipinski definition) is 1. The summed E-state index contributed by atoms with van der Waals surface area (Å²) in [5, 5.41) is 3.97. The van der Waals surface area contributed by atoms with Crippen LogP contribution in [0.2, 0.25) is 0 Å². The molecule has 1 N–H and O–H groups in total. The number of hydrogen-bond acceptors (Lipinski definition) is 2. The Morgan fingerprint density at radius 2 is 1.84 bits per heavy atom. The van der Waals surface area contributed by atoms with Crippen LogP contribution in [-0.4, -0.2) is 12.1 Å². The lowest BCUT2D eigenvalue weighted by Gasteiger charge is -2.02. The van der Waals surface area contributed by atoms with Crippen LogP contribution in [0.1, 0.15) is 15.9 Å². The van der Waals surface area contributed by atoms with E-state index >= 15 is 0 Å². The highest BCUT2D eigenvalue weighted by atomic mass is 127. The first kappa shape index (κ1) is 14.2. The van der Waals surface area contributed by atoms with Gasteiger partial charge >= 0.3 is 0 Å². The highest BCUT2D eigenvalue weighted by Crippen LogP contribution is 2.15. The summed E-state index contributed by atoms with van der Waals surface area (Å²) >= 11 is 5.55. The summed E-state index contributed by atoms with van der Waals surface area (Å²) in [7, 11) is 0. The van der Waals surface area contributed by atoms with E-state index in [1.54, 1.807) is 12.3 Å². The molecule has 0 aliphatic carbocycles. The van der Waals surface area contributed by atoms with Crippen molar-refractivity contribution in [1.82, 2.24) is 5.43 Å². The van der Waals surface area contributed by atoms with Crippen molar-refractivity contribution in [3.05, 3.63) is 67.7 Å². The molecule has 0 saturated heterocycles. The van der Waals surface area contributed by atoms with Crippen molar-refractivity contribution in [1.29, 1.82) is 0 Å². The first-order chi connectivity index (χ1) is 9.18. The first-order valence-corrected chi connectivity index (χ1v) is 7.38. The van der Waals surface area contributed by atoms with Crippen LogP contribution >= 0.6 is 38.5 Å². The van der Waals surface area contributed by atoms with Crippen LogP contribution < -0.4 is 5.43 Å². The van der Waals surface area contributed by atoms with Gasteiger partial charge in [-0.15, -0.1) is 0 Å². The highest BCUT2D eigenvalue weighted by molar-refractivity contribution is 14.1. The number of hydrazone groups is 1. The average molecular weight is 429 g/mol. The van der Waals surface area contributed by atoms with Crippen LogP contribution in [-0.2, 0) is 0 Å². The highest BCUT2D eigenvalue weighted by Gasteiger charge is 2.07. The zero-order valence-corrected chi connectivity index (χ0v) is 13.6. The van der Waals surface area contributed by atoms with E-state index in [1.807, 2.05) is 42.5 Å². The molecule has 0 atom stereocenters. The summed E-state index contributed by atoms with van der Waals surface area (Å²) in [4.78, 5) is 11.9. The van der Waals surface area contributed by atoms with Gasteiger partial charge in [-0.2, -0.15) is 5.10 Å². The summed E-state index contributed by atoms with van der Waals surface area (Å²) in [6, 6.07) is 15.0. The van der Waals surface area contributed by atoms with Crippen molar-refractivity contribution in [2.45, 2.75) is 0 Å². The molecule has 0 unspecified atom stereocenters. The molecule has 3 nitrogen and oxygen atoms in total. The van der Waals surface area contributed by atoms with Gasteiger partial charge < -0.3 is 0 Å². The fourth-order valence-electron chi connectivity index (χ4n) is 1.45. The van der Waals surface area contributed by atoms with Gasteiger partial charge in [-0.3, -0.25) is 4.79 Å². The lowest BCUT2D eigenvalue weighted by Crippen LogP contribution is -2.18. The minimum absolute atomic E-state index is 0.241. The third kappa shape index (κ3) is 3.87. The van der Waals surface area contributed by atoms with Gasteiger partial charge in [-0.05, 0) is 56.7 Å². The smallest absolute Gasteiger partial charge is 0.267 e. The monoisotopic (exact) mass is 428 g/mol. The third-order valence-corrected chi connectivity index (χ3v) is 4.07. The van der Waals surface area contributed by atoms with Crippen molar-refractivity contribution < 1.29 is 4.79 Å². The van der Waals surface area contributed by atoms with Crippen LogP contribution in [0.3, 0.4) is 0 Å². The number of carbonyl (C=O) groups excluding carboxylic acids is 1. The van der Waals surface area contributed by atoms with Crippen molar-refractivity contribution in [2.24, 2.45) is 5.10 Å². The number of halogens is 2. The molecule has 96 valence electrons. The van der Waals surface area contributed by atoms with E-state index in [4.69, 9.17) is 0 Å². The molecule has 0 aliphatic rings. The van der Waals surface area contributed by atoms with Gasteiger partial charge in [0.05, 0.1) is 11.8 Å². The quantitative estimate of drug-likeness (QED) is 0.450. The fraction of sp³-hybridized carbons (Fsp3) is 0. The molecular formula is C14H10BrIN2O. The number of carbonyl (C=O) groups is 1. The predicted molar refractivity (Wildman–Crippen MR) is 88.4 cm³/mol. The number of amides is 1. The summed E-state index contributed by atoms with van der Waals surface area (Å²) in [6.45, 7) is 0. The largest absolute Gasteiger partial charge is 0.272 e. The third-order valence-electron chi connectivity index (χ3n) is 2.39. The first-order valence-electron chi connectivity index (χ1n) is 5.51. The van der Waals surface area contributed by atoms with E-state index in [-0.39, 0.29) is 5.91 Å². The van der Waals surface area contributed by atoms with Crippen LogP contribution in [0.5, 0.6) is 0 Å². The number of rotatable bonds is 3. The summed E-state index contributed by atoms with van der Waals surface area (Å²) < 4.78 is 1.83. The molecule has 0 bridgehead atoms. The van der Waals surface area contributed by atoms with E-state index in [1.165, 1.54) is 0 Å². The van der Waals surface area contributed by atoms with E-state index in [2.05, 4.69) is 49.0 Å². The Morgan fingerprint density at radius 1 is 1.16 bits per heavy atom. The molecule has 1 amide bonds. The summed E-state index contributed by atoms with van der Waals surface area (Å²) in [5.41, 5.74) is 4.04. The zero-order valence-electron chi connectivity index (χ0n) is 9.81. The second kappa shape index (κ2) is 6.81. The second-order valence-electron chi connectivity index (χ2n) is 3.70. The van der Waals surface area contributed by atoms with Gasteiger partial charge in [0.25, 0.3) is 5.91 Å². The van der Waals surface area contributed by atoms with Crippen molar-refractivity contribution in [3.63, 3.8) is 0 Å². The van der Waals surface area contributed by atoms with Crippen molar-refractivity contribution in [2.75, 3.05) is 0 Å². The summed E-state index contributed by atoms with van der Waals surface area (Å²) in [6.07, 6.45) is 1.64. The Morgan fingerprint density at radius 3 is 2.58 bits per heavy atom. The molecule has 0 aromatic heterocycles. The molecule has 0 radical (unpaired) electrons. The molecule has 0 aliphatic heterocycles. The minimum Gasteiger partial charge on any atom is -0.267 e. The molecule has 2 rings (SSSR count). The predicted octanol–water partition coefficient (Wildman–Crippen LogP) is 3.82. The minimum atomic E-state index is -0.241. The van der Waals surface area contributed by atoms with Gasteiger partial charge in [0, 0.05) is 13.6 Å².